The van der Waals surface area contributed by atoms with Crippen molar-refractivity contribution in [1.82, 2.24) is 15.0 Å². The topological polar surface area (TPSA) is 103 Å². The van der Waals surface area contributed by atoms with Gasteiger partial charge in [0.1, 0.15) is 11.8 Å². The summed E-state index contributed by atoms with van der Waals surface area (Å²) in [5.41, 5.74) is 0.793. The molecular formula is C19H11Br2N5O3. The minimum atomic E-state index is -0.580. The van der Waals surface area contributed by atoms with Gasteiger partial charge in [-0.05, 0) is 46.3 Å². The van der Waals surface area contributed by atoms with E-state index in [1.54, 1.807) is 36.5 Å². The van der Waals surface area contributed by atoms with Gasteiger partial charge in [-0.3, -0.25) is 15.1 Å². The van der Waals surface area contributed by atoms with Gasteiger partial charge in [0.2, 0.25) is 5.82 Å². The Bertz CT molecular complexity index is 1240. The molecule has 0 amide bonds. The highest BCUT2D eigenvalue weighted by Crippen LogP contribution is 2.39. The molecule has 29 heavy (non-hydrogen) atoms. The number of pyridine rings is 1. The molecule has 0 bridgehead atoms. The van der Waals surface area contributed by atoms with E-state index in [2.05, 4.69) is 52.1 Å². The Balaban J connectivity index is 1.78. The number of nitrogens with one attached hydrogen (secondary N) is 1. The molecule has 2 aromatic carbocycles. The summed E-state index contributed by atoms with van der Waals surface area (Å²) in [4.78, 5) is 23.6. The predicted octanol–water partition coefficient (Wildman–Crippen LogP) is 5.99. The van der Waals surface area contributed by atoms with Gasteiger partial charge in [-0.2, -0.15) is 4.98 Å². The van der Waals surface area contributed by atoms with Gasteiger partial charge in [-0.15, -0.1) is 0 Å². The fraction of sp³-hybridized carbons (Fsp3) is 0. The van der Waals surface area contributed by atoms with E-state index in [1.807, 2.05) is 18.2 Å². The Labute approximate surface area is 181 Å². The normalized spacial score (nSPS) is 10.7. The number of nitrogens with zero attached hydrogens (tertiary/aromatic N) is 4. The second kappa shape index (κ2) is 8.10. The number of ether oxygens (including phenoxy) is 1. The number of aromatic nitrogens is 3. The maximum atomic E-state index is 11.8. The fourth-order valence-corrected chi connectivity index (χ4v) is 3.52. The van der Waals surface area contributed by atoms with Crippen molar-refractivity contribution in [3.63, 3.8) is 0 Å². The third-order valence-electron chi connectivity index (χ3n) is 3.98. The van der Waals surface area contributed by atoms with Crippen LogP contribution in [0.25, 0.3) is 10.9 Å². The number of hydrogen-bond acceptors (Lipinski definition) is 7. The number of hydrogen-bond donors (Lipinski definition) is 1. The number of halogens is 2. The number of anilines is 2. The van der Waals surface area contributed by atoms with Crippen LogP contribution in [0.2, 0.25) is 0 Å². The first kappa shape index (κ1) is 19.2. The van der Waals surface area contributed by atoms with Crippen LogP contribution in [-0.4, -0.2) is 19.9 Å². The number of fused-ring (bicyclic) bond motifs is 1. The summed E-state index contributed by atoms with van der Waals surface area (Å²) in [5, 5.41) is 15.6. The minimum absolute atomic E-state index is 0.0151. The predicted molar refractivity (Wildman–Crippen MR) is 116 cm³/mol. The quantitative estimate of drug-likeness (QED) is 0.256. The zero-order chi connectivity index (χ0) is 20.4. The standard InChI is InChI=1S/C19H11Br2N5O3/c20-12-7-8-15(16-11(12)4-3-9-22-16)29-19-17(26(27)28)18(23-10-24-19)25-14-6-2-1-5-13(14)21/h1-10H,(H,23,24,25). The first-order chi connectivity index (χ1) is 14.0. The van der Waals surface area contributed by atoms with Crippen LogP contribution in [-0.2, 0) is 0 Å². The van der Waals surface area contributed by atoms with Gasteiger partial charge in [0.15, 0.2) is 5.75 Å². The second-order valence-corrected chi connectivity index (χ2v) is 7.49. The Hall–Kier alpha value is -3.11. The van der Waals surface area contributed by atoms with Gasteiger partial charge in [-0.25, -0.2) is 4.98 Å². The van der Waals surface area contributed by atoms with Crippen LogP contribution in [0.5, 0.6) is 11.6 Å². The lowest BCUT2D eigenvalue weighted by atomic mass is 10.2. The minimum Gasteiger partial charge on any atom is -0.431 e. The number of para-hydroxylation sites is 1. The van der Waals surface area contributed by atoms with Gasteiger partial charge in [0, 0.05) is 20.5 Å². The van der Waals surface area contributed by atoms with Crippen molar-refractivity contribution in [2.24, 2.45) is 0 Å². The second-order valence-electron chi connectivity index (χ2n) is 5.79. The molecule has 0 saturated heterocycles. The van der Waals surface area contributed by atoms with Crippen LogP contribution in [0.1, 0.15) is 0 Å². The van der Waals surface area contributed by atoms with E-state index in [1.165, 1.54) is 6.33 Å². The lowest BCUT2D eigenvalue weighted by Gasteiger charge is -2.11. The highest BCUT2D eigenvalue weighted by molar-refractivity contribution is 9.11. The molecule has 0 saturated carbocycles. The highest BCUT2D eigenvalue weighted by atomic mass is 79.9. The van der Waals surface area contributed by atoms with Crippen molar-refractivity contribution >= 4 is 60.0 Å². The highest BCUT2D eigenvalue weighted by Gasteiger charge is 2.26. The molecule has 0 spiro atoms. The molecule has 144 valence electrons. The molecule has 2 heterocycles. The van der Waals surface area contributed by atoms with Crippen LogP contribution in [0, 0.1) is 10.1 Å². The van der Waals surface area contributed by atoms with E-state index in [9.17, 15) is 10.1 Å². The SMILES string of the molecule is O=[N+]([O-])c1c(Nc2ccccc2Br)ncnc1Oc1ccc(Br)c2cccnc12. The van der Waals surface area contributed by atoms with Crippen LogP contribution in [0.4, 0.5) is 17.2 Å². The van der Waals surface area contributed by atoms with Crippen molar-refractivity contribution in [2.75, 3.05) is 5.32 Å². The van der Waals surface area contributed by atoms with Crippen molar-refractivity contribution in [3.8, 4) is 11.6 Å². The molecule has 4 rings (SSSR count). The van der Waals surface area contributed by atoms with E-state index in [0.29, 0.717) is 17.0 Å². The molecule has 0 aliphatic carbocycles. The van der Waals surface area contributed by atoms with E-state index >= 15 is 0 Å². The molecule has 0 aliphatic heterocycles. The Morgan fingerprint density at radius 2 is 1.79 bits per heavy atom. The molecule has 0 atom stereocenters. The molecule has 0 radical (unpaired) electrons. The lowest BCUT2D eigenvalue weighted by Crippen LogP contribution is -2.04. The van der Waals surface area contributed by atoms with Gasteiger partial charge in [0.25, 0.3) is 0 Å². The molecule has 2 aromatic heterocycles. The Morgan fingerprint density at radius 3 is 2.59 bits per heavy atom. The van der Waals surface area contributed by atoms with E-state index in [0.717, 1.165) is 14.3 Å². The zero-order valence-corrected chi connectivity index (χ0v) is 17.7. The molecule has 8 nitrogen and oxygen atoms in total. The Morgan fingerprint density at radius 1 is 0.966 bits per heavy atom. The molecule has 1 N–H and O–H groups in total. The monoisotopic (exact) mass is 515 g/mol. The maximum absolute atomic E-state index is 11.8. The molecule has 10 heteroatoms. The molecule has 0 aliphatic rings. The largest absolute Gasteiger partial charge is 0.431 e. The number of nitro groups is 1. The third kappa shape index (κ3) is 3.89. The van der Waals surface area contributed by atoms with E-state index in [4.69, 9.17) is 4.74 Å². The number of benzene rings is 2. The molecule has 0 fully saturated rings. The first-order valence-corrected chi connectivity index (χ1v) is 9.85. The summed E-state index contributed by atoms with van der Waals surface area (Å²) in [7, 11) is 0. The van der Waals surface area contributed by atoms with Gasteiger partial charge < -0.3 is 10.1 Å². The lowest BCUT2D eigenvalue weighted by molar-refractivity contribution is -0.385. The smallest absolute Gasteiger partial charge is 0.373 e. The Kier molecular flexibility index (Phi) is 5.36. The average Bonchev–Trinajstić information content (AvgIpc) is 2.72. The summed E-state index contributed by atoms with van der Waals surface area (Å²) in [6.45, 7) is 0. The van der Waals surface area contributed by atoms with Crippen LogP contribution < -0.4 is 10.1 Å². The average molecular weight is 517 g/mol. The maximum Gasteiger partial charge on any atom is 0.373 e. The summed E-state index contributed by atoms with van der Waals surface area (Å²) < 4.78 is 7.39. The summed E-state index contributed by atoms with van der Waals surface area (Å²) in [5.74, 6) is 0.174. The van der Waals surface area contributed by atoms with Gasteiger partial charge >= 0.3 is 11.6 Å². The van der Waals surface area contributed by atoms with Crippen molar-refractivity contribution in [3.05, 3.63) is 80.1 Å². The van der Waals surface area contributed by atoms with Gasteiger partial charge in [-0.1, -0.05) is 34.1 Å². The van der Waals surface area contributed by atoms with Crippen molar-refractivity contribution in [1.29, 1.82) is 0 Å². The van der Waals surface area contributed by atoms with Gasteiger partial charge in [0.05, 0.1) is 10.6 Å². The van der Waals surface area contributed by atoms with Crippen molar-refractivity contribution in [2.45, 2.75) is 0 Å². The summed E-state index contributed by atoms with van der Waals surface area (Å²) in [6.07, 6.45) is 2.83. The van der Waals surface area contributed by atoms with Crippen LogP contribution in [0.15, 0.2) is 70.0 Å². The molecule has 0 unspecified atom stereocenters. The van der Waals surface area contributed by atoms with E-state index in [-0.39, 0.29) is 17.4 Å². The first-order valence-electron chi connectivity index (χ1n) is 8.26. The number of rotatable bonds is 5. The zero-order valence-electron chi connectivity index (χ0n) is 14.5. The summed E-state index contributed by atoms with van der Waals surface area (Å²) in [6, 6.07) is 14.3. The van der Waals surface area contributed by atoms with Crippen molar-refractivity contribution < 1.29 is 9.66 Å². The fourth-order valence-electron chi connectivity index (χ4n) is 2.68. The summed E-state index contributed by atoms with van der Waals surface area (Å²) >= 11 is 6.87. The molecular weight excluding hydrogens is 506 g/mol. The van der Waals surface area contributed by atoms with Crippen LogP contribution >= 0.6 is 31.9 Å². The van der Waals surface area contributed by atoms with Crippen LogP contribution in [0.3, 0.4) is 0 Å². The van der Waals surface area contributed by atoms with E-state index < -0.39 is 4.92 Å². The third-order valence-corrected chi connectivity index (χ3v) is 5.37. The molecule has 4 aromatic rings.